The lowest BCUT2D eigenvalue weighted by molar-refractivity contribution is 0.0527. The molecule has 0 radical (unpaired) electrons. The molecule has 0 fully saturated rings. The number of ether oxygens (including phenoxy) is 2. The Bertz CT molecular complexity index is 1510. The summed E-state index contributed by atoms with van der Waals surface area (Å²) in [5.41, 5.74) is 1.64. The van der Waals surface area contributed by atoms with Gasteiger partial charge >= 0.3 is 5.97 Å². The molecule has 1 atom stereocenters. The molecule has 3 aromatic heterocycles. The van der Waals surface area contributed by atoms with Crippen LogP contribution < -0.4 is 5.43 Å². The van der Waals surface area contributed by atoms with E-state index in [4.69, 9.17) is 9.47 Å². The minimum absolute atomic E-state index is 0.0661. The third kappa shape index (κ3) is 4.37. The van der Waals surface area contributed by atoms with Crippen LogP contribution in [-0.2, 0) is 22.3 Å². The molecule has 0 N–H and O–H groups in total. The maximum atomic E-state index is 15.1. The zero-order valence-electron chi connectivity index (χ0n) is 19.1. The van der Waals surface area contributed by atoms with Crippen molar-refractivity contribution in [2.45, 2.75) is 30.8 Å². The average molecular weight is 512 g/mol. The minimum atomic E-state index is -0.703. The summed E-state index contributed by atoms with van der Waals surface area (Å²) in [4.78, 5) is 36.4. The van der Waals surface area contributed by atoms with Gasteiger partial charge in [0.15, 0.2) is 0 Å². The normalized spacial score (nSPS) is 15.0. The second kappa shape index (κ2) is 9.88. The molecule has 4 aromatic rings. The molecule has 3 heterocycles. The smallest absolute Gasteiger partial charge is 0.345 e. The van der Waals surface area contributed by atoms with Gasteiger partial charge in [-0.25, -0.2) is 9.18 Å². The first-order valence-electron chi connectivity index (χ1n) is 11.1. The number of benzene rings is 1. The number of carbonyl (C=O) groups excluding carboxylic acids is 1. The molecule has 10 heteroatoms. The molecule has 0 spiro atoms. The molecule has 1 aliphatic rings. The van der Waals surface area contributed by atoms with Crippen LogP contribution in [0.5, 0.6) is 0 Å². The van der Waals surface area contributed by atoms with E-state index in [1.54, 1.807) is 38.7 Å². The molecular formula is C25H22FN3O4S2. The third-order valence-electron chi connectivity index (χ3n) is 5.80. The Morgan fingerprint density at radius 3 is 2.94 bits per heavy atom. The number of hydrogen-bond donors (Lipinski definition) is 0. The lowest BCUT2D eigenvalue weighted by atomic mass is 10.1. The number of methoxy groups -OCH3 is 1. The Kier molecular flexibility index (Phi) is 6.68. The summed E-state index contributed by atoms with van der Waals surface area (Å²) in [7, 11) is 1.64. The molecule has 7 nitrogen and oxygen atoms in total. The Balaban J connectivity index is 1.66. The zero-order chi connectivity index (χ0) is 24.5. The summed E-state index contributed by atoms with van der Waals surface area (Å²) in [6, 6.07) is 2.92. The Labute approximate surface area is 208 Å². The van der Waals surface area contributed by atoms with Gasteiger partial charge in [-0.2, -0.15) is 0 Å². The number of carbonyl (C=O) groups is 1. The molecule has 0 bridgehead atoms. The van der Waals surface area contributed by atoms with E-state index < -0.39 is 17.2 Å². The molecule has 0 saturated heterocycles. The van der Waals surface area contributed by atoms with Gasteiger partial charge in [-0.15, -0.1) is 23.1 Å². The van der Waals surface area contributed by atoms with Gasteiger partial charge in [-0.3, -0.25) is 19.2 Å². The molecule has 180 valence electrons. The van der Waals surface area contributed by atoms with Crippen LogP contribution in [-0.4, -0.2) is 45.9 Å². The van der Waals surface area contributed by atoms with Gasteiger partial charge in [0.2, 0.25) is 5.43 Å². The topological polar surface area (TPSA) is 82.8 Å². The van der Waals surface area contributed by atoms with Gasteiger partial charge in [0.1, 0.15) is 16.2 Å². The van der Waals surface area contributed by atoms with E-state index >= 15 is 4.39 Å². The van der Waals surface area contributed by atoms with Crippen molar-refractivity contribution in [3.8, 4) is 0 Å². The van der Waals surface area contributed by atoms with Crippen LogP contribution in [0.2, 0.25) is 0 Å². The fourth-order valence-electron chi connectivity index (χ4n) is 4.14. The van der Waals surface area contributed by atoms with Crippen molar-refractivity contribution >= 4 is 50.9 Å². The van der Waals surface area contributed by atoms with E-state index in [1.807, 2.05) is 16.6 Å². The van der Waals surface area contributed by atoms with Crippen LogP contribution in [0.4, 0.5) is 4.39 Å². The number of aryl methyl sites for hydroxylation is 1. The van der Waals surface area contributed by atoms with Gasteiger partial charge in [0, 0.05) is 54.1 Å². The maximum absolute atomic E-state index is 15.1. The van der Waals surface area contributed by atoms with E-state index in [2.05, 4.69) is 9.97 Å². The van der Waals surface area contributed by atoms with Crippen molar-refractivity contribution in [2.24, 2.45) is 0 Å². The lowest BCUT2D eigenvalue weighted by Crippen LogP contribution is -2.20. The highest BCUT2D eigenvalue weighted by atomic mass is 32.2. The van der Waals surface area contributed by atoms with Crippen molar-refractivity contribution in [1.82, 2.24) is 14.4 Å². The fraction of sp³-hybridized carbons (Fsp3) is 0.280. The quantitative estimate of drug-likeness (QED) is 0.266. The number of thiazole rings is 1. The number of rotatable bonds is 7. The van der Waals surface area contributed by atoms with Crippen molar-refractivity contribution in [3.05, 3.63) is 74.7 Å². The SMILES string of the molecule is CCOC(=O)c1c(=O)c2cc(F)c(SCCc3cnccn3)cc2n2c3c(sc12)CC(OC)C=C3. The average Bonchev–Trinajstić information content (AvgIpc) is 3.23. The summed E-state index contributed by atoms with van der Waals surface area (Å²) in [6.07, 6.45) is 9.96. The minimum Gasteiger partial charge on any atom is -0.462 e. The number of esters is 1. The number of thioether (sulfide) groups is 1. The molecule has 0 amide bonds. The van der Waals surface area contributed by atoms with E-state index in [0.29, 0.717) is 33.8 Å². The number of hydrogen-bond acceptors (Lipinski definition) is 8. The Hall–Kier alpha value is -3.08. The highest BCUT2D eigenvalue weighted by Gasteiger charge is 2.27. The van der Waals surface area contributed by atoms with E-state index in [0.717, 1.165) is 16.3 Å². The van der Waals surface area contributed by atoms with Crippen LogP contribution in [0.3, 0.4) is 0 Å². The molecule has 1 aliphatic carbocycles. The van der Waals surface area contributed by atoms with Gasteiger partial charge < -0.3 is 9.47 Å². The number of nitrogens with zero attached hydrogens (tertiary/aromatic N) is 3. The maximum Gasteiger partial charge on any atom is 0.345 e. The highest BCUT2D eigenvalue weighted by molar-refractivity contribution is 7.99. The second-order valence-corrected chi connectivity index (χ2v) is 10.1. The van der Waals surface area contributed by atoms with Crippen LogP contribution >= 0.6 is 23.1 Å². The first-order valence-corrected chi connectivity index (χ1v) is 12.9. The number of pyridine rings is 1. The second-order valence-electron chi connectivity index (χ2n) is 7.91. The number of halogens is 1. The largest absolute Gasteiger partial charge is 0.462 e. The van der Waals surface area contributed by atoms with Crippen LogP contribution in [0.15, 0.2) is 46.5 Å². The number of fused-ring (bicyclic) bond motifs is 5. The van der Waals surface area contributed by atoms with Crippen LogP contribution in [0.1, 0.15) is 33.5 Å². The lowest BCUT2D eigenvalue weighted by Gasteiger charge is -2.15. The molecule has 35 heavy (non-hydrogen) atoms. The summed E-state index contributed by atoms with van der Waals surface area (Å²) in [6.45, 7) is 1.82. The highest BCUT2D eigenvalue weighted by Crippen LogP contribution is 2.35. The van der Waals surface area contributed by atoms with Gasteiger partial charge in [0.05, 0.1) is 35.0 Å². The van der Waals surface area contributed by atoms with E-state index in [9.17, 15) is 9.59 Å². The predicted molar refractivity (Wildman–Crippen MR) is 135 cm³/mol. The number of aromatic nitrogens is 3. The first kappa shape index (κ1) is 23.7. The standard InChI is InChI=1S/C25H22FN3O4S2/c1-3-33-25(31)22-23(30)16-11-17(26)20(34-9-6-14-13-27-7-8-28-14)12-19(16)29-18-5-4-15(32-2)10-21(18)35-24(22)29/h4-5,7-8,11-13,15H,3,6,9-10H2,1-2H3. The first-order chi connectivity index (χ1) is 17.0. The monoisotopic (exact) mass is 511 g/mol. The molecule has 5 rings (SSSR count). The van der Waals surface area contributed by atoms with Crippen LogP contribution in [0, 0.1) is 5.82 Å². The molecule has 0 saturated carbocycles. The van der Waals surface area contributed by atoms with Crippen molar-refractivity contribution in [2.75, 3.05) is 19.5 Å². The summed E-state index contributed by atoms with van der Waals surface area (Å²) in [5.74, 6) is -0.616. The summed E-state index contributed by atoms with van der Waals surface area (Å²) < 4.78 is 27.7. The fourth-order valence-corrected chi connectivity index (χ4v) is 6.37. The van der Waals surface area contributed by atoms with Gasteiger partial charge in [0.25, 0.3) is 0 Å². The Morgan fingerprint density at radius 2 is 2.20 bits per heavy atom. The van der Waals surface area contributed by atoms with Crippen molar-refractivity contribution in [1.29, 1.82) is 0 Å². The van der Waals surface area contributed by atoms with Gasteiger partial charge in [-0.05, 0) is 25.1 Å². The predicted octanol–water partition coefficient (Wildman–Crippen LogP) is 4.54. The molecule has 1 aromatic carbocycles. The van der Waals surface area contributed by atoms with Gasteiger partial charge in [-0.1, -0.05) is 6.08 Å². The van der Waals surface area contributed by atoms with E-state index in [-0.39, 0.29) is 23.7 Å². The molecule has 0 aliphatic heterocycles. The molecular weight excluding hydrogens is 489 g/mol. The van der Waals surface area contributed by atoms with Crippen molar-refractivity contribution < 1.29 is 18.7 Å². The van der Waals surface area contributed by atoms with Crippen molar-refractivity contribution in [3.63, 3.8) is 0 Å². The van der Waals surface area contributed by atoms with E-state index in [1.165, 1.54) is 29.2 Å². The van der Waals surface area contributed by atoms with Crippen LogP contribution in [0.25, 0.3) is 21.8 Å². The molecule has 1 unspecified atom stereocenters. The summed E-state index contributed by atoms with van der Waals surface area (Å²) in [5, 5.41) is 0.143. The Morgan fingerprint density at radius 1 is 1.34 bits per heavy atom. The zero-order valence-corrected chi connectivity index (χ0v) is 20.7. The summed E-state index contributed by atoms with van der Waals surface area (Å²) >= 11 is 2.72. The third-order valence-corrected chi connectivity index (χ3v) is 8.03.